The number of unbranched alkanes of at least 4 members (excludes halogenated alkanes) is 8. The second-order valence-electron chi connectivity index (χ2n) is 17.3. The van der Waals surface area contributed by atoms with E-state index in [1.807, 2.05) is 13.8 Å². The maximum atomic E-state index is 12.8. The molecule has 2 rings (SSSR count). The van der Waals surface area contributed by atoms with Gasteiger partial charge in [-0.2, -0.15) is 0 Å². The zero-order chi connectivity index (χ0) is 48.4. The van der Waals surface area contributed by atoms with E-state index in [0.717, 1.165) is 57.8 Å². The third kappa shape index (κ3) is 16.6. The summed E-state index contributed by atoms with van der Waals surface area (Å²) < 4.78 is 45.8. The summed E-state index contributed by atoms with van der Waals surface area (Å²) in [5.74, 6) is -5.03. The summed E-state index contributed by atoms with van der Waals surface area (Å²) >= 11 is 0. The van der Waals surface area contributed by atoms with Crippen LogP contribution in [0, 0.1) is 10.8 Å². The number of aldehydes is 2. The van der Waals surface area contributed by atoms with E-state index in [-0.39, 0.29) is 18.9 Å². The summed E-state index contributed by atoms with van der Waals surface area (Å²) in [5, 5.41) is 0. The topological polar surface area (TPSA) is 176 Å². The van der Waals surface area contributed by atoms with Gasteiger partial charge in [0.1, 0.15) is 12.6 Å². The third-order valence-corrected chi connectivity index (χ3v) is 11.6. The zero-order valence-electron chi connectivity index (χ0n) is 40.4. The Kier molecular flexibility index (Phi) is 26.5. The Labute approximate surface area is 382 Å². The fourth-order valence-electron chi connectivity index (χ4n) is 7.98. The minimum atomic E-state index is -1.60. The third-order valence-electron chi connectivity index (χ3n) is 11.6. The molecule has 0 aromatic carbocycles. The van der Waals surface area contributed by atoms with Gasteiger partial charge < -0.3 is 42.7 Å². The SMILES string of the molecule is C=CC[C@@H]1C/C(=C\C(=O)OC)[C@H](OC(=O)CCCCCCC)[C@](OC)(C(C)(C)/C=C/C=O)O1.C=CC[C@@H]1C/C(=C\C(=O)OC)[C@H](OC(=O)CCCCCCC)[C@](OC)(C(C)(C)C=O)O1. The highest BCUT2D eigenvalue weighted by Gasteiger charge is 2.60. The van der Waals surface area contributed by atoms with Crippen molar-refractivity contribution in [2.24, 2.45) is 10.8 Å². The lowest BCUT2D eigenvalue weighted by Crippen LogP contribution is -2.63. The van der Waals surface area contributed by atoms with Gasteiger partial charge >= 0.3 is 23.9 Å². The lowest BCUT2D eigenvalue weighted by atomic mass is 9.74. The molecule has 0 spiro atoms. The van der Waals surface area contributed by atoms with Gasteiger partial charge in [-0.15, -0.1) is 13.2 Å². The van der Waals surface area contributed by atoms with E-state index >= 15 is 0 Å². The van der Waals surface area contributed by atoms with Crippen LogP contribution in [0.15, 0.2) is 60.8 Å². The fourth-order valence-corrected chi connectivity index (χ4v) is 7.98. The number of rotatable bonds is 27. The van der Waals surface area contributed by atoms with Gasteiger partial charge in [0.15, 0.2) is 12.2 Å². The Hall–Kier alpha value is -4.24. The van der Waals surface area contributed by atoms with Crippen molar-refractivity contribution in [2.45, 2.75) is 180 Å². The second-order valence-corrected chi connectivity index (χ2v) is 17.3. The molecule has 0 radical (unpaired) electrons. The average molecular weight is 903 g/mol. The molecule has 6 atom stereocenters. The van der Waals surface area contributed by atoms with E-state index < -0.39 is 64.6 Å². The zero-order valence-corrected chi connectivity index (χ0v) is 40.4. The molecule has 0 bridgehead atoms. The molecule has 0 amide bonds. The number of ether oxygens (including phenoxy) is 8. The van der Waals surface area contributed by atoms with Gasteiger partial charge in [-0.1, -0.05) is 97.3 Å². The number of hydrogen-bond acceptors (Lipinski definition) is 14. The molecule has 64 heavy (non-hydrogen) atoms. The number of carbonyl (C=O) groups excluding carboxylic acids is 6. The molecule has 0 aliphatic carbocycles. The first kappa shape index (κ1) is 57.8. The predicted octanol–water partition coefficient (Wildman–Crippen LogP) is 9.14. The highest BCUT2D eigenvalue weighted by Crippen LogP contribution is 2.49. The Morgan fingerprint density at radius 1 is 0.641 bits per heavy atom. The van der Waals surface area contributed by atoms with Crippen molar-refractivity contribution in [2.75, 3.05) is 28.4 Å². The quantitative estimate of drug-likeness (QED) is 0.0190. The Morgan fingerprint density at radius 2 is 1.03 bits per heavy atom. The summed E-state index contributed by atoms with van der Waals surface area (Å²) in [7, 11) is 5.44. The maximum Gasteiger partial charge on any atom is 0.330 e. The lowest BCUT2D eigenvalue weighted by molar-refractivity contribution is -0.335. The first-order valence-electron chi connectivity index (χ1n) is 22.6. The van der Waals surface area contributed by atoms with Crippen LogP contribution in [-0.2, 0) is 66.7 Å². The molecule has 14 nitrogen and oxygen atoms in total. The van der Waals surface area contributed by atoms with Crippen molar-refractivity contribution in [3.63, 3.8) is 0 Å². The van der Waals surface area contributed by atoms with E-state index in [4.69, 9.17) is 37.9 Å². The Balaban J connectivity index is 0.000000641. The first-order valence-corrected chi connectivity index (χ1v) is 22.6. The van der Waals surface area contributed by atoms with Crippen LogP contribution in [0.25, 0.3) is 0 Å². The highest BCUT2D eigenvalue weighted by atomic mass is 16.7. The first-order chi connectivity index (χ1) is 30.4. The van der Waals surface area contributed by atoms with Crippen LogP contribution in [0.1, 0.15) is 144 Å². The van der Waals surface area contributed by atoms with Crippen LogP contribution in [0.3, 0.4) is 0 Å². The number of carbonyl (C=O) groups is 6. The van der Waals surface area contributed by atoms with Crippen LogP contribution in [0.2, 0.25) is 0 Å². The standard InChI is InChI=1S/C26H40O7.C24H38O7/c1-7-9-10-11-12-15-22(28)32-24-20(19-23(29)30-5)18-21(14-8-2)33-26(24,31-6)25(3,4)16-13-17-27;1-7-9-10-11-12-14-20(26)30-22-18(16-21(27)28-5)15-19(13-8-2)31-24(22,29-6)23(3,4)17-25/h8,13,16-17,19,21,24H,2,7,9-12,14-15,18H2,1,3-6H3;8,16-17,19,22H,2,7,9-15H2,1,3-6H3/b16-13+,20-19+;18-16+/t21-,24+,26-;19-,22+,24-/m11/s1. The summed E-state index contributed by atoms with van der Waals surface area (Å²) in [6.45, 7) is 18.8. The minimum Gasteiger partial charge on any atom is -0.466 e. The molecule has 2 aliphatic heterocycles. The summed E-state index contributed by atoms with van der Waals surface area (Å²) in [4.78, 5) is 72.8. The monoisotopic (exact) mass is 903 g/mol. The van der Waals surface area contributed by atoms with Gasteiger partial charge in [-0.3, -0.25) is 14.4 Å². The molecule has 0 aromatic heterocycles. The summed E-state index contributed by atoms with van der Waals surface area (Å²) in [6, 6.07) is 0. The predicted molar refractivity (Wildman–Crippen MR) is 244 cm³/mol. The van der Waals surface area contributed by atoms with Gasteiger partial charge in [0.05, 0.1) is 31.8 Å². The van der Waals surface area contributed by atoms with Crippen LogP contribution >= 0.6 is 0 Å². The van der Waals surface area contributed by atoms with Crippen LogP contribution in [0.5, 0.6) is 0 Å². The van der Waals surface area contributed by atoms with Crippen molar-refractivity contribution < 1.29 is 66.7 Å². The van der Waals surface area contributed by atoms with E-state index in [2.05, 4.69) is 27.0 Å². The van der Waals surface area contributed by atoms with Crippen molar-refractivity contribution in [1.29, 1.82) is 0 Å². The van der Waals surface area contributed by atoms with E-state index in [1.165, 1.54) is 46.7 Å². The second kappa shape index (κ2) is 29.3. The van der Waals surface area contributed by atoms with Crippen LogP contribution in [-0.4, -0.2) is 101 Å². The maximum absolute atomic E-state index is 12.8. The van der Waals surface area contributed by atoms with Crippen LogP contribution in [0.4, 0.5) is 0 Å². The molecule has 14 heteroatoms. The number of allylic oxidation sites excluding steroid dienone is 1. The molecule has 2 fully saturated rings. The molecule has 0 unspecified atom stereocenters. The summed E-state index contributed by atoms with van der Waals surface area (Å²) in [5.41, 5.74) is -1.05. The van der Waals surface area contributed by atoms with E-state index in [0.29, 0.717) is 55.8 Å². The number of hydrogen-bond donors (Lipinski definition) is 0. The van der Waals surface area contributed by atoms with Gasteiger partial charge in [0, 0.05) is 44.6 Å². The normalized spacial score (nSPS) is 24.8. The van der Waals surface area contributed by atoms with Crippen molar-refractivity contribution in [1.82, 2.24) is 0 Å². The molecule has 0 aromatic rings. The van der Waals surface area contributed by atoms with Crippen molar-refractivity contribution >= 4 is 36.4 Å². The van der Waals surface area contributed by atoms with Crippen molar-refractivity contribution in [3.05, 3.63) is 60.8 Å². The van der Waals surface area contributed by atoms with Crippen LogP contribution < -0.4 is 0 Å². The number of methoxy groups -OCH3 is 4. The molecular weight excluding hydrogens is 825 g/mol. The van der Waals surface area contributed by atoms with Gasteiger partial charge in [-0.05, 0) is 69.6 Å². The molecule has 362 valence electrons. The lowest BCUT2D eigenvalue weighted by Gasteiger charge is -2.52. The largest absolute Gasteiger partial charge is 0.466 e. The van der Waals surface area contributed by atoms with E-state index in [1.54, 1.807) is 32.1 Å². The molecule has 2 aliphatic rings. The van der Waals surface area contributed by atoms with E-state index in [9.17, 15) is 28.8 Å². The summed E-state index contributed by atoms with van der Waals surface area (Å²) in [6.07, 6.45) is 19.6. The molecular formula is C50H78O14. The molecule has 2 heterocycles. The molecule has 2 saturated heterocycles. The Bertz CT molecular complexity index is 1610. The van der Waals surface area contributed by atoms with Gasteiger partial charge in [0.2, 0.25) is 11.6 Å². The Morgan fingerprint density at radius 3 is 1.36 bits per heavy atom. The van der Waals surface area contributed by atoms with Gasteiger partial charge in [0.25, 0.3) is 0 Å². The van der Waals surface area contributed by atoms with Gasteiger partial charge in [-0.25, -0.2) is 9.59 Å². The molecule has 0 saturated carbocycles. The number of esters is 4. The van der Waals surface area contributed by atoms with Crippen molar-refractivity contribution in [3.8, 4) is 0 Å². The average Bonchev–Trinajstić information content (AvgIpc) is 3.27. The highest BCUT2D eigenvalue weighted by molar-refractivity contribution is 5.84. The smallest absolute Gasteiger partial charge is 0.330 e. The molecule has 0 N–H and O–H groups in total. The fraction of sp³-hybridized carbons (Fsp3) is 0.680. The minimum absolute atomic E-state index is 0.239.